The Balaban J connectivity index is 1.94. The molecule has 1 saturated heterocycles. The summed E-state index contributed by atoms with van der Waals surface area (Å²) in [5, 5.41) is 21.0. The molecule has 0 aliphatic carbocycles. The molecule has 1 amide bonds. The van der Waals surface area contributed by atoms with E-state index in [4.69, 9.17) is 11.6 Å². The number of benzene rings is 2. The number of ketones is 1. The van der Waals surface area contributed by atoms with E-state index in [1.807, 2.05) is 0 Å². The summed E-state index contributed by atoms with van der Waals surface area (Å²) in [6.07, 6.45) is 2.91. The molecule has 8 heteroatoms. The van der Waals surface area contributed by atoms with E-state index in [-0.39, 0.29) is 23.0 Å². The lowest BCUT2D eigenvalue weighted by molar-refractivity contribution is -0.132. The zero-order valence-electron chi connectivity index (χ0n) is 14.9. The molecule has 1 atom stereocenters. The number of halogens is 1. The van der Waals surface area contributed by atoms with Gasteiger partial charge in [-0.05, 0) is 48.0 Å². The van der Waals surface area contributed by atoms with E-state index in [1.54, 1.807) is 42.5 Å². The molecule has 1 aliphatic rings. The minimum absolute atomic E-state index is 0.0272. The molecular formula is C21H14ClN3O4. The first kappa shape index (κ1) is 18.6. The number of carbonyl (C=O) groups is 2. The summed E-state index contributed by atoms with van der Waals surface area (Å²) >= 11 is 5.90. The number of phenols is 1. The second kappa shape index (κ2) is 7.37. The summed E-state index contributed by atoms with van der Waals surface area (Å²) in [5.74, 6) is -1.99. The molecule has 7 nitrogen and oxygen atoms in total. The van der Waals surface area contributed by atoms with Gasteiger partial charge >= 0.3 is 5.91 Å². The molecule has 2 heterocycles. The van der Waals surface area contributed by atoms with Gasteiger partial charge in [0.25, 0.3) is 5.78 Å². The van der Waals surface area contributed by atoms with Crippen LogP contribution in [0.25, 0.3) is 5.76 Å². The summed E-state index contributed by atoms with van der Waals surface area (Å²) in [6.45, 7) is 0. The monoisotopic (exact) mass is 407 g/mol. The molecule has 0 unspecified atom stereocenters. The zero-order valence-corrected chi connectivity index (χ0v) is 15.6. The van der Waals surface area contributed by atoms with Crippen molar-refractivity contribution in [2.45, 2.75) is 6.04 Å². The highest BCUT2D eigenvalue weighted by Gasteiger charge is 2.48. The lowest BCUT2D eigenvalue weighted by Gasteiger charge is -2.23. The van der Waals surface area contributed by atoms with Crippen LogP contribution in [0.3, 0.4) is 0 Å². The normalized spacial score (nSPS) is 18.2. The third kappa shape index (κ3) is 3.32. The maximum absolute atomic E-state index is 12.9. The minimum atomic E-state index is -0.964. The van der Waals surface area contributed by atoms with Crippen molar-refractivity contribution in [1.29, 1.82) is 0 Å². The van der Waals surface area contributed by atoms with Gasteiger partial charge in [0, 0.05) is 23.0 Å². The van der Waals surface area contributed by atoms with Crippen molar-refractivity contribution in [3.63, 3.8) is 0 Å². The van der Waals surface area contributed by atoms with Crippen LogP contribution in [-0.2, 0) is 9.59 Å². The first-order chi connectivity index (χ1) is 14.0. The van der Waals surface area contributed by atoms with Crippen LogP contribution in [-0.4, -0.2) is 31.9 Å². The van der Waals surface area contributed by atoms with Gasteiger partial charge in [0.1, 0.15) is 11.5 Å². The Kier molecular flexibility index (Phi) is 4.74. The first-order valence-corrected chi connectivity index (χ1v) is 8.98. The Morgan fingerprint density at radius 2 is 1.59 bits per heavy atom. The van der Waals surface area contributed by atoms with E-state index in [1.165, 1.54) is 24.5 Å². The lowest BCUT2D eigenvalue weighted by Crippen LogP contribution is -2.31. The standard InChI is InChI=1S/C21H14ClN3O4/c22-14-6-2-13(3-7-14)18(27)16-17(12-4-8-15(26)9-5-12)25(20(29)19(16)28)21-23-10-1-11-24-21/h1-11,17,26-27H/b18-16+/t17-/m0/s1. The maximum Gasteiger partial charge on any atom is 0.302 e. The number of aromatic hydroxyl groups is 1. The fraction of sp³-hybridized carbons (Fsp3) is 0.0476. The van der Waals surface area contributed by atoms with Gasteiger partial charge in [-0.25, -0.2) is 9.97 Å². The topological polar surface area (TPSA) is 104 Å². The number of nitrogens with zero attached hydrogens (tertiary/aromatic N) is 3. The molecule has 0 saturated carbocycles. The molecule has 0 radical (unpaired) electrons. The number of aliphatic hydroxyl groups is 1. The SMILES string of the molecule is O=C1C(=O)N(c2ncccn2)[C@@H](c2ccc(O)cc2)/C1=C(\O)c1ccc(Cl)cc1. The van der Waals surface area contributed by atoms with Gasteiger partial charge in [0.15, 0.2) is 0 Å². The van der Waals surface area contributed by atoms with Crippen LogP contribution in [0.5, 0.6) is 5.75 Å². The number of rotatable bonds is 3. The molecule has 0 spiro atoms. The predicted molar refractivity (Wildman–Crippen MR) is 106 cm³/mol. The van der Waals surface area contributed by atoms with Crippen LogP contribution in [0.2, 0.25) is 5.02 Å². The molecule has 1 aromatic heterocycles. The van der Waals surface area contributed by atoms with Crippen molar-refractivity contribution >= 4 is 35.0 Å². The molecule has 2 N–H and O–H groups in total. The van der Waals surface area contributed by atoms with Crippen LogP contribution in [0, 0.1) is 0 Å². The second-order valence-electron chi connectivity index (χ2n) is 6.32. The summed E-state index contributed by atoms with van der Waals surface area (Å²) in [5.41, 5.74) is 0.741. The fourth-order valence-corrected chi connectivity index (χ4v) is 3.32. The van der Waals surface area contributed by atoms with Crippen LogP contribution >= 0.6 is 11.6 Å². The molecular weight excluding hydrogens is 394 g/mol. The maximum atomic E-state index is 12.9. The summed E-state index contributed by atoms with van der Waals surface area (Å²) < 4.78 is 0. The van der Waals surface area contributed by atoms with Crippen LogP contribution in [0.4, 0.5) is 5.95 Å². The molecule has 29 heavy (non-hydrogen) atoms. The first-order valence-electron chi connectivity index (χ1n) is 8.60. The third-order valence-corrected chi connectivity index (χ3v) is 4.79. The average molecular weight is 408 g/mol. The molecule has 0 bridgehead atoms. The fourth-order valence-electron chi connectivity index (χ4n) is 3.19. The summed E-state index contributed by atoms with van der Waals surface area (Å²) in [7, 11) is 0. The van der Waals surface area contributed by atoms with Crippen molar-refractivity contribution in [2.24, 2.45) is 0 Å². The molecule has 1 fully saturated rings. The van der Waals surface area contributed by atoms with Crippen molar-refractivity contribution in [2.75, 3.05) is 4.90 Å². The quantitative estimate of drug-likeness (QED) is 0.391. The number of carbonyl (C=O) groups excluding carboxylic acids is 2. The van der Waals surface area contributed by atoms with Crippen molar-refractivity contribution in [3.8, 4) is 5.75 Å². The number of hydrogen-bond donors (Lipinski definition) is 2. The van der Waals surface area contributed by atoms with E-state index in [2.05, 4.69) is 9.97 Å². The highest BCUT2D eigenvalue weighted by molar-refractivity contribution is 6.51. The van der Waals surface area contributed by atoms with Crippen molar-refractivity contribution in [3.05, 3.63) is 88.7 Å². The number of phenolic OH excluding ortho intramolecular Hbond substituents is 1. The summed E-state index contributed by atoms with van der Waals surface area (Å²) in [4.78, 5) is 35.0. The number of amides is 1. The molecule has 3 aromatic rings. The van der Waals surface area contributed by atoms with Crippen molar-refractivity contribution in [1.82, 2.24) is 9.97 Å². The van der Waals surface area contributed by atoms with Crippen LogP contribution in [0.15, 0.2) is 72.6 Å². The summed E-state index contributed by atoms with van der Waals surface area (Å²) in [6, 6.07) is 12.9. The van der Waals surface area contributed by atoms with Gasteiger partial charge in [-0.1, -0.05) is 23.7 Å². The van der Waals surface area contributed by atoms with Crippen LogP contribution in [0.1, 0.15) is 17.2 Å². The molecule has 1 aliphatic heterocycles. The predicted octanol–water partition coefficient (Wildman–Crippen LogP) is 3.46. The Labute approximate surface area is 170 Å². The molecule has 144 valence electrons. The Morgan fingerprint density at radius 3 is 2.21 bits per heavy atom. The van der Waals surface area contributed by atoms with E-state index in [9.17, 15) is 19.8 Å². The van der Waals surface area contributed by atoms with E-state index < -0.39 is 17.7 Å². The Bertz CT molecular complexity index is 1110. The second-order valence-corrected chi connectivity index (χ2v) is 6.75. The van der Waals surface area contributed by atoms with Gasteiger partial charge < -0.3 is 10.2 Å². The third-order valence-electron chi connectivity index (χ3n) is 4.54. The van der Waals surface area contributed by atoms with Gasteiger partial charge in [-0.15, -0.1) is 0 Å². The number of aromatic nitrogens is 2. The highest BCUT2D eigenvalue weighted by Crippen LogP contribution is 2.41. The highest BCUT2D eigenvalue weighted by atomic mass is 35.5. The van der Waals surface area contributed by atoms with Gasteiger partial charge in [0.05, 0.1) is 11.6 Å². The van der Waals surface area contributed by atoms with E-state index >= 15 is 0 Å². The Hall–Kier alpha value is -3.71. The largest absolute Gasteiger partial charge is 0.508 e. The van der Waals surface area contributed by atoms with Gasteiger partial charge in [-0.2, -0.15) is 0 Å². The number of anilines is 1. The Morgan fingerprint density at radius 1 is 0.966 bits per heavy atom. The molecule has 4 rings (SSSR count). The van der Waals surface area contributed by atoms with Gasteiger partial charge in [0.2, 0.25) is 5.95 Å². The molecule has 2 aromatic carbocycles. The van der Waals surface area contributed by atoms with Crippen LogP contribution < -0.4 is 4.90 Å². The average Bonchev–Trinajstić information content (AvgIpc) is 3.00. The minimum Gasteiger partial charge on any atom is -0.508 e. The number of hydrogen-bond acceptors (Lipinski definition) is 6. The van der Waals surface area contributed by atoms with E-state index in [0.717, 1.165) is 4.90 Å². The number of Topliss-reactive ketones (excluding diaryl/α,β-unsaturated/α-hetero) is 1. The van der Waals surface area contributed by atoms with E-state index in [0.29, 0.717) is 16.1 Å². The van der Waals surface area contributed by atoms with Gasteiger partial charge in [-0.3, -0.25) is 14.5 Å². The smallest absolute Gasteiger partial charge is 0.302 e. The lowest BCUT2D eigenvalue weighted by atomic mass is 9.95. The number of aliphatic hydroxyl groups excluding tert-OH is 1. The van der Waals surface area contributed by atoms with Crippen molar-refractivity contribution < 1.29 is 19.8 Å². The zero-order chi connectivity index (χ0) is 20.5.